The van der Waals surface area contributed by atoms with Gasteiger partial charge in [-0.05, 0) is 18.6 Å². The Kier molecular flexibility index (Phi) is 1.78. The second kappa shape index (κ2) is 2.58. The molecule has 0 spiro atoms. The average molecular weight is 117 g/mol. The van der Waals surface area contributed by atoms with E-state index >= 15 is 0 Å². The van der Waals surface area contributed by atoms with Crippen LogP contribution in [0.15, 0.2) is 24.3 Å². The molecule has 0 heterocycles. The number of para-hydroxylation sites is 1. The van der Waals surface area contributed by atoms with Gasteiger partial charge in [-0.15, -0.1) is 0 Å². The van der Waals surface area contributed by atoms with Crippen molar-refractivity contribution in [2.45, 2.75) is 6.92 Å². The van der Waals surface area contributed by atoms with Gasteiger partial charge in [0.05, 0.1) is 0 Å². The van der Waals surface area contributed by atoms with Crippen LogP contribution in [0.4, 0.5) is 5.69 Å². The van der Waals surface area contributed by atoms with Crippen molar-refractivity contribution in [3.05, 3.63) is 29.8 Å². The van der Waals surface area contributed by atoms with Crippen LogP contribution in [0.1, 0.15) is 5.56 Å². The molecule has 0 saturated heterocycles. The van der Waals surface area contributed by atoms with E-state index in [0.29, 0.717) is 0 Å². The van der Waals surface area contributed by atoms with Crippen molar-refractivity contribution < 1.29 is 0 Å². The molecule has 0 saturated carbocycles. The maximum atomic E-state index is 5.20. The number of rotatable bonds is 1. The largest absolute Gasteiger partial charge is 0.437 e. The molecule has 0 bridgehead atoms. The average Bonchev–Trinajstić information content (AvgIpc) is 1.89. The lowest BCUT2D eigenvalue weighted by Gasteiger charge is -2.01. The van der Waals surface area contributed by atoms with Crippen molar-refractivity contribution >= 4 is 13.7 Å². The second-order valence-corrected chi connectivity index (χ2v) is 1.96. The number of anilines is 1. The highest BCUT2D eigenvalue weighted by molar-refractivity contribution is 6.16. The topological polar surface area (TPSA) is 12.0 Å². The van der Waals surface area contributed by atoms with Crippen molar-refractivity contribution in [3.8, 4) is 0 Å². The molecule has 1 nitrogen and oxygen atoms in total. The SMILES string of the molecule is [B]Nc1ccccc1C. The zero-order valence-electron chi connectivity index (χ0n) is 5.39. The molecule has 9 heavy (non-hydrogen) atoms. The highest BCUT2D eigenvalue weighted by Crippen LogP contribution is 2.10. The Balaban J connectivity index is 3.01. The standard InChI is InChI=1S/C7H8BN/c1-6-4-2-3-5-7(6)9-8/h2-5,9H,1H3. The quantitative estimate of drug-likeness (QED) is 0.549. The summed E-state index contributed by atoms with van der Waals surface area (Å²) in [6.45, 7) is 2.01. The molecule has 1 aromatic carbocycles. The summed E-state index contributed by atoms with van der Waals surface area (Å²) in [5.41, 5.74) is 2.15. The highest BCUT2D eigenvalue weighted by Gasteiger charge is 1.88. The summed E-state index contributed by atoms with van der Waals surface area (Å²) >= 11 is 0. The van der Waals surface area contributed by atoms with Crippen LogP contribution < -0.4 is 5.23 Å². The minimum absolute atomic E-state index is 0.984. The summed E-state index contributed by atoms with van der Waals surface area (Å²) in [7, 11) is 5.20. The fraction of sp³-hybridized carbons (Fsp3) is 0.143. The summed E-state index contributed by atoms with van der Waals surface area (Å²) in [6, 6.07) is 7.88. The molecule has 0 amide bonds. The lowest BCUT2D eigenvalue weighted by atomic mass is 10.2. The van der Waals surface area contributed by atoms with Gasteiger partial charge < -0.3 is 5.23 Å². The van der Waals surface area contributed by atoms with E-state index in [-0.39, 0.29) is 0 Å². The maximum Gasteiger partial charge on any atom is 0.222 e. The predicted molar refractivity (Wildman–Crippen MR) is 40.6 cm³/mol. The van der Waals surface area contributed by atoms with Crippen molar-refractivity contribution in [2.75, 3.05) is 5.23 Å². The van der Waals surface area contributed by atoms with E-state index in [4.69, 9.17) is 7.98 Å². The molecular weight excluding hydrogens is 109 g/mol. The van der Waals surface area contributed by atoms with Crippen LogP contribution in [0.25, 0.3) is 0 Å². The Morgan fingerprint density at radius 2 is 2.00 bits per heavy atom. The molecule has 44 valence electrons. The minimum Gasteiger partial charge on any atom is -0.437 e. The van der Waals surface area contributed by atoms with Gasteiger partial charge in [-0.1, -0.05) is 18.2 Å². The van der Waals surface area contributed by atoms with Crippen LogP contribution in [-0.2, 0) is 0 Å². The summed E-state index contributed by atoms with van der Waals surface area (Å²) in [4.78, 5) is 0. The summed E-state index contributed by atoms with van der Waals surface area (Å²) < 4.78 is 0. The molecule has 0 aliphatic heterocycles. The summed E-state index contributed by atoms with van der Waals surface area (Å²) in [6.07, 6.45) is 0. The van der Waals surface area contributed by atoms with Gasteiger partial charge >= 0.3 is 0 Å². The lowest BCUT2D eigenvalue weighted by molar-refractivity contribution is 1.47. The first-order valence-corrected chi connectivity index (χ1v) is 2.87. The molecule has 2 heteroatoms. The van der Waals surface area contributed by atoms with E-state index in [0.717, 1.165) is 5.69 Å². The van der Waals surface area contributed by atoms with Gasteiger partial charge in [0.1, 0.15) is 0 Å². The molecule has 0 atom stereocenters. The Morgan fingerprint density at radius 3 is 2.44 bits per heavy atom. The van der Waals surface area contributed by atoms with Gasteiger partial charge in [-0.3, -0.25) is 0 Å². The van der Waals surface area contributed by atoms with Crippen molar-refractivity contribution in [3.63, 3.8) is 0 Å². The summed E-state index contributed by atoms with van der Waals surface area (Å²) in [5.74, 6) is 0. The van der Waals surface area contributed by atoms with Crippen LogP contribution in [0.3, 0.4) is 0 Å². The van der Waals surface area contributed by atoms with Crippen LogP contribution in [0, 0.1) is 6.92 Å². The van der Waals surface area contributed by atoms with E-state index in [1.54, 1.807) is 0 Å². The molecule has 0 aliphatic carbocycles. The first kappa shape index (κ1) is 6.21. The molecule has 1 rings (SSSR count). The van der Waals surface area contributed by atoms with Crippen LogP contribution in [-0.4, -0.2) is 7.98 Å². The number of hydrogen-bond acceptors (Lipinski definition) is 1. The second-order valence-electron chi connectivity index (χ2n) is 1.96. The monoisotopic (exact) mass is 117 g/mol. The molecule has 2 radical (unpaired) electrons. The van der Waals surface area contributed by atoms with Crippen LogP contribution in [0.5, 0.6) is 0 Å². The van der Waals surface area contributed by atoms with Gasteiger partial charge in [0.15, 0.2) is 0 Å². The number of nitrogens with one attached hydrogen (secondary N) is 1. The molecule has 0 fully saturated rings. The van der Waals surface area contributed by atoms with Crippen LogP contribution >= 0.6 is 0 Å². The van der Waals surface area contributed by atoms with Gasteiger partial charge in [-0.25, -0.2) is 0 Å². The van der Waals surface area contributed by atoms with Crippen molar-refractivity contribution in [2.24, 2.45) is 0 Å². The zero-order chi connectivity index (χ0) is 6.69. The van der Waals surface area contributed by atoms with Gasteiger partial charge in [0.25, 0.3) is 0 Å². The third-order valence-electron chi connectivity index (χ3n) is 1.30. The van der Waals surface area contributed by atoms with Gasteiger partial charge in [0, 0.05) is 5.69 Å². The predicted octanol–water partition coefficient (Wildman–Crippen LogP) is 1.49. The van der Waals surface area contributed by atoms with Gasteiger partial charge in [-0.2, -0.15) is 0 Å². The smallest absolute Gasteiger partial charge is 0.222 e. The molecule has 1 N–H and O–H groups in total. The first-order chi connectivity index (χ1) is 4.34. The molecule has 1 aromatic rings. The molecule has 0 aliphatic rings. The Morgan fingerprint density at radius 1 is 1.33 bits per heavy atom. The highest BCUT2D eigenvalue weighted by atomic mass is 14.7. The lowest BCUT2D eigenvalue weighted by Crippen LogP contribution is -1.91. The fourth-order valence-electron chi connectivity index (χ4n) is 0.735. The maximum absolute atomic E-state index is 5.20. The van der Waals surface area contributed by atoms with Crippen molar-refractivity contribution in [1.29, 1.82) is 0 Å². The van der Waals surface area contributed by atoms with E-state index in [2.05, 4.69) is 5.23 Å². The molecular formula is C7H8BN. The van der Waals surface area contributed by atoms with E-state index in [1.165, 1.54) is 5.56 Å². The fourth-order valence-corrected chi connectivity index (χ4v) is 0.735. The molecule has 0 aromatic heterocycles. The normalized spacial score (nSPS) is 9.00. The Hall–Kier alpha value is -0.915. The number of benzene rings is 1. The zero-order valence-corrected chi connectivity index (χ0v) is 5.39. The molecule has 0 unspecified atom stereocenters. The van der Waals surface area contributed by atoms with E-state index in [9.17, 15) is 0 Å². The van der Waals surface area contributed by atoms with E-state index in [1.807, 2.05) is 31.2 Å². The number of hydrogen-bond donors (Lipinski definition) is 1. The van der Waals surface area contributed by atoms with Gasteiger partial charge in [0.2, 0.25) is 7.98 Å². The number of aryl methyl sites for hydroxylation is 1. The Bertz CT molecular complexity index is 198. The minimum atomic E-state index is 0.984. The Labute approximate surface area is 56.5 Å². The third-order valence-corrected chi connectivity index (χ3v) is 1.30. The first-order valence-electron chi connectivity index (χ1n) is 2.87. The summed E-state index contributed by atoms with van der Waals surface area (Å²) in [5, 5.41) is 2.60. The van der Waals surface area contributed by atoms with Crippen LogP contribution in [0.2, 0.25) is 0 Å². The van der Waals surface area contributed by atoms with Crippen molar-refractivity contribution in [1.82, 2.24) is 0 Å². The third kappa shape index (κ3) is 1.25. The van der Waals surface area contributed by atoms with E-state index < -0.39 is 0 Å².